The molecular formula is C31H22N2. The summed E-state index contributed by atoms with van der Waals surface area (Å²) in [4.78, 5) is 9.80. The van der Waals surface area contributed by atoms with Gasteiger partial charge in [0.15, 0.2) is 0 Å². The fourth-order valence-electron chi connectivity index (χ4n) is 4.70. The first kappa shape index (κ1) is 19.4. The van der Waals surface area contributed by atoms with Crippen LogP contribution in [0, 0.1) is 6.92 Å². The van der Waals surface area contributed by atoms with Crippen LogP contribution in [0.25, 0.3) is 55.2 Å². The molecule has 0 unspecified atom stereocenters. The summed E-state index contributed by atoms with van der Waals surface area (Å²) in [7, 11) is 0. The van der Waals surface area contributed by atoms with Crippen LogP contribution < -0.4 is 0 Å². The molecule has 6 rings (SSSR count). The maximum absolute atomic E-state index is 4.97. The molecule has 6 aromatic rings. The van der Waals surface area contributed by atoms with Crippen molar-refractivity contribution in [2.24, 2.45) is 0 Å². The Balaban J connectivity index is 1.71. The minimum atomic E-state index is 0.778. The van der Waals surface area contributed by atoms with Crippen LogP contribution in [0.3, 0.4) is 0 Å². The number of rotatable bonds is 3. The highest BCUT2D eigenvalue weighted by Crippen LogP contribution is 2.40. The third-order valence-electron chi connectivity index (χ3n) is 6.17. The number of aryl methyl sites for hydroxylation is 1. The van der Waals surface area contributed by atoms with Crippen molar-refractivity contribution < 1.29 is 0 Å². The van der Waals surface area contributed by atoms with E-state index in [1.807, 2.05) is 13.0 Å². The summed E-state index contributed by atoms with van der Waals surface area (Å²) in [5.41, 5.74) is 7.91. The van der Waals surface area contributed by atoms with Gasteiger partial charge in [0.1, 0.15) is 5.82 Å². The second kappa shape index (κ2) is 7.99. The Morgan fingerprint density at radius 2 is 1.12 bits per heavy atom. The summed E-state index contributed by atoms with van der Waals surface area (Å²) < 4.78 is 0. The summed E-state index contributed by atoms with van der Waals surface area (Å²) in [5, 5.41) is 3.42. The van der Waals surface area contributed by atoms with Crippen molar-refractivity contribution in [3.8, 4) is 33.5 Å². The summed E-state index contributed by atoms with van der Waals surface area (Å²) >= 11 is 0. The van der Waals surface area contributed by atoms with E-state index >= 15 is 0 Å². The van der Waals surface area contributed by atoms with Gasteiger partial charge in [0.2, 0.25) is 0 Å². The molecule has 0 radical (unpaired) electrons. The molecule has 1 aromatic heterocycles. The average molecular weight is 423 g/mol. The van der Waals surface area contributed by atoms with Gasteiger partial charge in [-0.25, -0.2) is 9.97 Å². The van der Waals surface area contributed by atoms with Gasteiger partial charge in [-0.3, -0.25) is 0 Å². The molecule has 0 atom stereocenters. The van der Waals surface area contributed by atoms with Gasteiger partial charge in [-0.1, -0.05) is 109 Å². The fraction of sp³-hybridized carbons (Fsp3) is 0.0323. The van der Waals surface area contributed by atoms with Crippen molar-refractivity contribution in [1.29, 1.82) is 0 Å². The standard InChI is InChI=1S/C31H22N2/c1-21-32-30(24-13-6-3-7-14-24)28-20-19-23-15-10-18-27(29(23)31(28)33-21)26-17-9-8-16-25(26)22-11-4-2-5-12-22/h2-20H,1H3. The van der Waals surface area contributed by atoms with Gasteiger partial charge in [0.25, 0.3) is 0 Å². The Bertz CT molecular complexity index is 1600. The van der Waals surface area contributed by atoms with Crippen molar-refractivity contribution >= 4 is 21.7 Å². The van der Waals surface area contributed by atoms with Crippen LogP contribution in [0.5, 0.6) is 0 Å². The summed E-state index contributed by atoms with van der Waals surface area (Å²) in [6.07, 6.45) is 0. The summed E-state index contributed by atoms with van der Waals surface area (Å²) in [6, 6.07) is 40.4. The van der Waals surface area contributed by atoms with E-state index in [1.54, 1.807) is 0 Å². The van der Waals surface area contributed by atoms with Gasteiger partial charge >= 0.3 is 0 Å². The molecule has 2 heteroatoms. The maximum Gasteiger partial charge on any atom is 0.126 e. The zero-order valence-electron chi connectivity index (χ0n) is 18.4. The van der Waals surface area contributed by atoms with E-state index < -0.39 is 0 Å². The zero-order valence-corrected chi connectivity index (χ0v) is 18.4. The van der Waals surface area contributed by atoms with E-state index in [9.17, 15) is 0 Å². The van der Waals surface area contributed by atoms with Gasteiger partial charge < -0.3 is 0 Å². The fourth-order valence-corrected chi connectivity index (χ4v) is 4.70. The Hall–Kier alpha value is -4.30. The molecule has 33 heavy (non-hydrogen) atoms. The number of hydrogen-bond acceptors (Lipinski definition) is 2. The van der Waals surface area contributed by atoms with Crippen molar-refractivity contribution in [2.75, 3.05) is 0 Å². The van der Waals surface area contributed by atoms with Crippen LogP contribution in [0.4, 0.5) is 0 Å². The molecule has 0 saturated heterocycles. The second-order valence-electron chi connectivity index (χ2n) is 8.26. The third-order valence-corrected chi connectivity index (χ3v) is 6.17. The van der Waals surface area contributed by atoms with Crippen LogP contribution in [-0.4, -0.2) is 9.97 Å². The van der Waals surface area contributed by atoms with Gasteiger partial charge in [0, 0.05) is 16.3 Å². The lowest BCUT2D eigenvalue weighted by Crippen LogP contribution is -1.96. The lowest BCUT2D eigenvalue weighted by atomic mass is 9.90. The second-order valence-corrected chi connectivity index (χ2v) is 8.26. The van der Waals surface area contributed by atoms with E-state index in [1.165, 1.54) is 33.0 Å². The van der Waals surface area contributed by atoms with Crippen molar-refractivity contribution in [1.82, 2.24) is 9.97 Å². The first-order chi connectivity index (χ1) is 16.3. The molecular weight excluding hydrogens is 400 g/mol. The Morgan fingerprint density at radius 3 is 1.88 bits per heavy atom. The minimum absolute atomic E-state index is 0.778. The number of aromatic nitrogens is 2. The SMILES string of the molecule is Cc1nc(-c2ccccc2)c2ccc3cccc(-c4ccccc4-c4ccccc4)c3c2n1. The Morgan fingerprint density at radius 1 is 0.485 bits per heavy atom. The van der Waals surface area contributed by atoms with Crippen LogP contribution >= 0.6 is 0 Å². The summed E-state index contributed by atoms with van der Waals surface area (Å²) in [6.45, 7) is 1.98. The van der Waals surface area contributed by atoms with Gasteiger partial charge in [-0.2, -0.15) is 0 Å². The predicted molar refractivity (Wildman–Crippen MR) is 138 cm³/mol. The van der Waals surface area contributed by atoms with Crippen molar-refractivity contribution in [3.63, 3.8) is 0 Å². The predicted octanol–water partition coefficient (Wildman–Crippen LogP) is 8.09. The topological polar surface area (TPSA) is 25.8 Å². The molecule has 1 heterocycles. The van der Waals surface area contributed by atoms with Gasteiger partial charge in [-0.15, -0.1) is 0 Å². The van der Waals surface area contributed by atoms with Crippen molar-refractivity contribution in [2.45, 2.75) is 6.92 Å². The third kappa shape index (κ3) is 3.37. The van der Waals surface area contributed by atoms with Crippen LogP contribution in [0.2, 0.25) is 0 Å². The van der Waals surface area contributed by atoms with Crippen LogP contribution in [-0.2, 0) is 0 Å². The Kier molecular flexibility index (Phi) is 4.70. The van der Waals surface area contributed by atoms with E-state index in [0.717, 1.165) is 28.0 Å². The normalized spacial score (nSPS) is 11.2. The van der Waals surface area contributed by atoms with E-state index in [4.69, 9.17) is 9.97 Å². The quantitative estimate of drug-likeness (QED) is 0.269. The molecule has 0 aliphatic rings. The number of benzene rings is 5. The first-order valence-corrected chi connectivity index (χ1v) is 11.2. The highest BCUT2D eigenvalue weighted by Gasteiger charge is 2.16. The van der Waals surface area contributed by atoms with Crippen LogP contribution in [0.15, 0.2) is 115 Å². The number of fused-ring (bicyclic) bond motifs is 3. The van der Waals surface area contributed by atoms with Crippen molar-refractivity contribution in [3.05, 3.63) is 121 Å². The molecule has 0 saturated carbocycles. The smallest absolute Gasteiger partial charge is 0.126 e. The maximum atomic E-state index is 4.97. The monoisotopic (exact) mass is 422 g/mol. The highest BCUT2D eigenvalue weighted by molar-refractivity contribution is 6.16. The molecule has 0 bridgehead atoms. The van der Waals surface area contributed by atoms with Gasteiger partial charge in [0.05, 0.1) is 11.2 Å². The lowest BCUT2D eigenvalue weighted by molar-refractivity contribution is 1.10. The molecule has 156 valence electrons. The summed E-state index contributed by atoms with van der Waals surface area (Å²) in [5.74, 6) is 0.778. The molecule has 0 N–H and O–H groups in total. The Labute approximate surface area is 193 Å². The molecule has 2 nitrogen and oxygen atoms in total. The molecule has 5 aromatic carbocycles. The molecule has 0 aliphatic carbocycles. The average Bonchev–Trinajstić information content (AvgIpc) is 2.89. The molecule has 0 fully saturated rings. The lowest BCUT2D eigenvalue weighted by Gasteiger charge is -2.15. The number of hydrogen-bond donors (Lipinski definition) is 0. The van der Waals surface area contributed by atoms with E-state index in [-0.39, 0.29) is 0 Å². The first-order valence-electron chi connectivity index (χ1n) is 11.2. The highest BCUT2D eigenvalue weighted by atomic mass is 14.9. The number of nitrogens with zero attached hydrogens (tertiary/aromatic N) is 2. The molecule has 0 amide bonds. The molecule has 0 aliphatic heterocycles. The largest absolute Gasteiger partial charge is 0.233 e. The molecule has 0 spiro atoms. The minimum Gasteiger partial charge on any atom is -0.233 e. The van der Waals surface area contributed by atoms with E-state index in [0.29, 0.717) is 0 Å². The zero-order chi connectivity index (χ0) is 22.2. The van der Waals surface area contributed by atoms with Crippen LogP contribution in [0.1, 0.15) is 5.82 Å². The van der Waals surface area contributed by atoms with E-state index in [2.05, 4.69) is 109 Å². The van der Waals surface area contributed by atoms with Gasteiger partial charge in [-0.05, 0) is 40.6 Å².